The molecular formula is C20H35O8P2-3. The van der Waals surface area contributed by atoms with Gasteiger partial charge in [0.1, 0.15) is 0 Å². The van der Waals surface area contributed by atoms with E-state index in [0.29, 0.717) is 18.8 Å². The van der Waals surface area contributed by atoms with Crippen molar-refractivity contribution in [3.63, 3.8) is 0 Å². The Morgan fingerprint density at radius 3 is 2.40 bits per heavy atom. The summed E-state index contributed by atoms with van der Waals surface area (Å²) in [4.78, 5) is 32.2. The van der Waals surface area contributed by atoms with E-state index in [4.69, 9.17) is 0 Å². The number of hydrogen-bond donors (Lipinski definition) is 1. The molecule has 2 aliphatic rings. The summed E-state index contributed by atoms with van der Waals surface area (Å²) < 4.78 is 29.6. The maximum absolute atomic E-state index is 11.9. The molecule has 0 aliphatic heterocycles. The van der Waals surface area contributed by atoms with Crippen LogP contribution in [0.1, 0.15) is 79.6 Å². The highest BCUT2D eigenvalue weighted by atomic mass is 31.3. The topological polar surface area (TPSA) is 142 Å². The first-order valence-corrected chi connectivity index (χ1v) is 13.5. The molecule has 176 valence electrons. The highest BCUT2D eigenvalue weighted by Gasteiger charge is 2.60. The molecule has 0 aromatic heterocycles. The monoisotopic (exact) mass is 465 g/mol. The first-order valence-electron chi connectivity index (χ1n) is 10.6. The molecular weight excluding hydrogens is 430 g/mol. The average molecular weight is 465 g/mol. The van der Waals surface area contributed by atoms with Crippen molar-refractivity contribution in [2.75, 3.05) is 6.61 Å². The molecule has 10 heteroatoms. The Morgan fingerprint density at radius 2 is 1.80 bits per heavy atom. The molecule has 0 saturated heterocycles. The summed E-state index contributed by atoms with van der Waals surface area (Å²) in [5.74, 6) is 0.612. The van der Waals surface area contributed by atoms with Gasteiger partial charge in [-0.25, -0.2) is 0 Å². The fraction of sp³-hybridized carbons (Fsp3) is 0.900. The van der Waals surface area contributed by atoms with Gasteiger partial charge in [-0.1, -0.05) is 45.8 Å². The minimum absolute atomic E-state index is 0.162. The summed E-state index contributed by atoms with van der Waals surface area (Å²) in [6, 6.07) is 0. The molecule has 0 spiro atoms. The van der Waals surface area contributed by atoms with Crippen LogP contribution < -0.4 is 14.7 Å². The van der Waals surface area contributed by atoms with Crippen LogP contribution in [0.15, 0.2) is 11.6 Å². The van der Waals surface area contributed by atoms with Crippen molar-refractivity contribution in [3.05, 3.63) is 11.6 Å². The first kappa shape index (κ1) is 26.2. The summed E-state index contributed by atoms with van der Waals surface area (Å²) in [5.41, 5.74) is 0.00467. The van der Waals surface area contributed by atoms with Crippen LogP contribution in [-0.2, 0) is 18.0 Å². The van der Waals surface area contributed by atoms with Crippen molar-refractivity contribution in [2.45, 2.75) is 85.2 Å². The zero-order chi connectivity index (χ0) is 23.0. The number of rotatable bonds is 8. The zero-order valence-corrected chi connectivity index (χ0v) is 20.4. The molecule has 2 fully saturated rings. The lowest BCUT2D eigenvalue weighted by molar-refractivity contribution is -0.339. The predicted octanol–water partition coefficient (Wildman–Crippen LogP) is 3.04. The van der Waals surface area contributed by atoms with E-state index < -0.39 is 27.9 Å². The molecule has 0 bridgehead atoms. The molecule has 1 N–H and O–H groups in total. The van der Waals surface area contributed by atoms with E-state index in [2.05, 4.69) is 36.5 Å². The second-order valence-electron chi connectivity index (χ2n) is 10.0. The molecule has 0 aromatic rings. The third-order valence-corrected chi connectivity index (χ3v) is 9.75. The van der Waals surface area contributed by atoms with Gasteiger partial charge in [-0.3, -0.25) is 8.88 Å². The van der Waals surface area contributed by atoms with Crippen LogP contribution in [0.5, 0.6) is 0 Å². The summed E-state index contributed by atoms with van der Waals surface area (Å²) in [5, 5.41) is 11.9. The molecule has 2 saturated carbocycles. The van der Waals surface area contributed by atoms with Gasteiger partial charge in [-0.2, -0.15) is 0 Å². The van der Waals surface area contributed by atoms with Crippen LogP contribution in [0, 0.1) is 22.7 Å². The highest BCUT2D eigenvalue weighted by molar-refractivity contribution is 7.58. The van der Waals surface area contributed by atoms with Crippen molar-refractivity contribution < 1.29 is 37.8 Å². The van der Waals surface area contributed by atoms with Crippen molar-refractivity contribution in [2.24, 2.45) is 22.7 Å². The third-order valence-electron chi connectivity index (χ3n) is 7.69. The van der Waals surface area contributed by atoms with Gasteiger partial charge in [0.25, 0.3) is 7.82 Å². The van der Waals surface area contributed by atoms with E-state index in [0.717, 1.165) is 31.3 Å². The highest BCUT2D eigenvalue weighted by Crippen LogP contribution is 2.63. The molecule has 8 nitrogen and oxygen atoms in total. The molecule has 2 rings (SSSR count). The maximum Gasteiger partial charge on any atom is 0.272 e. The molecule has 30 heavy (non-hydrogen) atoms. The Balaban J connectivity index is 2.04. The van der Waals surface area contributed by atoms with Crippen LogP contribution >= 0.6 is 15.6 Å². The molecule has 0 radical (unpaired) electrons. The van der Waals surface area contributed by atoms with Gasteiger partial charge in [0.05, 0.1) is 20.0 Å². The van der Waals surface area contributed by atoms with E-state index in [1.165, 1.54) is 12.5 Å². The van der Waals surface area contributed by atoms with E-state index in [1.807, 2.05) is 0 Å². The Bertz CT molecular complexity index is 745. The number of phosphoric ester groups is 1. The van der Waals surface area contributed by atoms with E-state index in [-0.39, 0.29) is 16.7 Å². The van der Waals surface area contributed by atoms with Gasteiger partial charge in [0.15, 0.2) is 0 Å². The SMILES string of the molecule is C/C(=C\COP(=O)([O-])OP(=O)([O-])[O-])CC[C@@]1(O)[C@H](C)CC[C@H]2C(C)(C)CCC[C@@]21C. The molecule has 0 aromatic carbocycles. The Kier molecular flexibility index (Phi) is 7.93. The number of allylic oxidation sites excluding steroid dienone is 1. The van der Waals surface area contributed by atoms with E-state index >= 15 is 0 Å². The average Bonchev–Trinajstić information content (AvgIpc) is 2.55. The van der Waals surface area contributed by atoms with Gasteiger partial charge in [-0.15, -0.1) is 0 Å². The van der Waals surface area contributed by atoms with Crippen LogP contribution in [0.2, 0.25) is 0 Å². The van der Waals surface area contributed by atoms with Crippen molar-refractivity contribution in [1.82, 2.24) is 0 Å². The minimum Gasteiger partial charge on any atom is -0.790 e. The number of hydrogen-bond acceptors (Lipinski definition) is 8. The standard InChI is InChI=1S/C20H38O8P2/c1-15(10-14-27-30(25,26)28-29(22,23)24)9-13-20(21)16(2)7-8-17-18(3,4)11-6-12-19(17,20)5/h10,16-17,21H,6-9,11-14H2,1-5H3,(H,25,26)(H2,22,23,24)/p-3/b15-10+/t16-,17+,19+,20-/m1/s1. The van der Waals surface area contributed by atoms with Crippen molar-refractivity contribution in [3.8, 4) is 0 Å². The fourth-order valence-electron chi connectivity index (χ4n) is 6.01. The van der Waals surface area contributed by atoms with Crippen LogP contribution in [0.25, 0.3) is 0 Å². The summed E-state index contributed by atoms with van der Waals surface area (Å²) >= 11 is 0. The largest absolute Gasteiger partial charge is 0.790 e. The van der Waals surface area contributed by atoms with Crippen LogP contribution in [0.3, 0.4) is 0 Å². The fourth-order valence-corrected chi connectivity index (χ4v) is 7.43. The third kappa shape index (κ3) is 5.85. The lowest BCUT2D eigenvalue weighted by Gasteiger charge is -2.63. The second kappa shape index (κ2) is 9.07. The normalized spacial score (nSPS) is 36.8. The van der Waals surface area contributed by atoms with E-state index in [9.17, 15) is 28.9 Å². The molecule has 5 atom stereocenters. The lowest BCUT2D eigenvalue weighted by Crippen LogP contribution is -2.62. The van der Waals surface area contributed by atoms with Crippen LogP contribution in [0.4, 0.5) is 0 Å². The summed E-state index contributed by atoms with van der Waals surface area (Å²) in [7, 11) is -10.9. The quantitative estimate of drug-likeness (QED) is 0.426. The first-order chi connectivity index (χ1) is 13.5. The van der Waals surface area contributed by atoms with Gasteiger partial charge in [0.2, 0.25) is 0 Å². The Morgan fingerprint density at radius 1 is 1.17 bits per heavy atom. The molecule has 2 aliphatic carbocycles. The lowest BCUT2D eigenvalue weighted by atomic mass is 9.44. The van der Waals surface area contributed by atoms with Crippen LogP contribution in [-0.4, -0.2) is 17.3 Å². The maximum atomic E-state index is 11.9. The zero-order valence-electron chi connectivity index (χ0n) is 18.6. The Hall–Kier alpha value is -0.0400. The molecule has 0 heterocycles. The number of aliphatic hydroxyl groups is 1. The van der Waals surface area contributed by atoms with Crippen molar-refractivity contribution in [1.29, 1.82) is 0 Å². The minimum atomic E-state index is -5.69. The summed E-state index contributed by atoms with van der Waals surface area (Å²) in [6.07, 6.45) is 7.97. The molecule has 1 unspecified atom stereocenters. The van der Waals surface area contributed by atoms with Gasteiger partial charge >= 0.3 is 0 Å². The number of fused-ring (bicyclic) bond motifs is 1. The smallest absolute Gasteiger partial charge is 0.272 e. The predicted molar refractivity (Wildman–Crippen MR) is 108 cm³/mol. The van der Waals surface area contributed by atoms with Gasteiger partial charge in [0, 0.05) is 0 Å². The second-order valence-corrected chi connectivity index (χ2v) is 12.7. The van der Waals surface area contributed by atoms with Crippen molar-refractivity contribution >= 4 is 15.6 Å². The van der Waals surface area contributed by atoms with Gasteiger partial charge in [-0.05, 0) is 68.1 Å². The van der Waals surface area contributed by atoms with Gasteiger partial charge < -0.3 is 28.9 Å². The van der Waals surface area contributed by atoms with E-state index in [1.54, 1.807) is 6.92 Å². The summed E-state index contributed by atoms with van der Waals surface area (Å²) in [6.45, 7) is 10.3. The molecule has 0 amide bonds. The number of phosphoric acid groups is 2. The Labute approximate surface area is 179 Å².